The Labute approximate surface area is 155 Å². The summed E-state index contributed by atoms with van der Waals surface area (Å²) in [5.74, 6) is 2.25. The van der Waals surface area contributed by atoms with E-state index in [1.165, 1.54) is 0 Å². The molecule has 5 heteroatoms. The molecule has 0 aromatic heterocycles. The van der Waals surface area contributed by atoms with Crippen molar-refractivity contribution in [2.45, 2.75) is 39.5 Å². The predicted molar refractivity (Wildman–Crippen MR) is 103 cm³/mol. The molecule has 2 N–H and O–H groups in total. The van der Waals surface area contributed by atoms with Crippen molar-refractivity contribution in [2.24, 2.45) is 5.11 Å². The first-order chi connectivity index (χ1) is 12.7. The van der Waals surface area contributed by atoms with E-state index >= 15 is 0 Å². The van der Waals surface area contributed by atoms with E-state index in [1.54, 1.807) is 7.11 Å². The van der Waals surface area contributed by atoms with Crippen molar-refractivity contribution in [3.05, 3.63) is 36.4 Å². The fraction of sp³-hybridized carbons (Fsp3) is 0.429. The van der Waals surface area contributed by atoms with Crippen molar-refractivity contribution in [1.29, 1.82) is 0 Å². The van der Waals surface area contributed by atoms with Crippen LogP contribution < -0.4 is 19.7 Å². The first kappa shape index (κ1) is 19.8. The third-order valence-electron chi connectivity index (χ3n) is 4.11. The summed E-state index contributed by atoms with van der Waals surface area (Å²) in [5, 5.41) is 3.88. The van der Waals surface area contributed by atoms with E-state index in [-0.39, 0.29) is 0 Å². The van der Waals surface area contributed by atoms with Crippen molar-refractivity contribution in [3.63, 3.8) is 0 Å². The second-order valence-corrected chi connectivity index (χ2v) is 6.08. The fourth-order valence-corrected chi connectivity index (χ4v) is 2.53. The van der Waals surface area contributed by atoms with E-state index in [0.717, 1.165) is 48.3 Å². The molecule has 2 rings (SSSR count). The minimum absolute atomic E-state index is 0.602. The molecule has 0 aliphatic heterocycles. The predicted octanol–water partition coefficient (Wildman–Crippen LogP) is 4.56. The maximum Gasteiger partial charge on any atom is 0.175 e. The number of hydrogen-bond donors (Lipinski definition) is 1. The van der Waals surface area contributed by atoms with Crippen LogP contribution in [-0.4, -0.2) is 20.3 Å². The van der Waals surface area contributed by atoms with Gasteiger partial charge < -0.3 is 14.2 Å². The van der Waals surface area contributed by atoms with Crippen LogP contribution in [0, 0.1) is 0 Å². The molecule has 0 unspecified atom stereocenters. The van der Waals surface area contributed by atoms with Crippen LogP contribution in [-0.2, 0) is 0 Å². The molecule has 5 nitrogen and oxygen atoms in total. The van der Waals surface area contributed by atoms with Crippen LogP contribution in [0.1, 0.15) is 39.5 Å². The van der Waals surface area contributed by atoms with Gasteiger partial charge in [-0.1, -0.05) is 38.8 Å². The number of nitrogens with two attached hydrogens (primary N) is 1. The van der Waals surface area contributed by atoms with Crippen LogP contribution in [0.15, 0.2) is 41.5 Å². The largest absolute Gasteiger partial charge is 0.497 e. The molecule has 0 radical (unpaired) electrons. The quantitative estimate of drug-likeness (QED) is 0.473. The molecule has 0 aliphatic rings. The zero-order valence-electron chi connectivity index (χ0n) is 16.0. The average molecular weight is 357 g/mol. The summed E-state index contributed by atoms with van der Waals surface area (Å²) in [6.07, 6.45) is 4.12. The van der Waals surface area contributed by atoms with Gasteiger partial charge in [0.15, 0.2) is 11.4 Å². The molecule has 0 aliphatic carbocycles. The molecule has 0 spiro atoms. The molecule has 0 heterocycles. The Morgan fingerprint density at radius 1 is 0.885 bits per heavy atom. The summed E-state index contributed by atoms with van der Waals surface area (Å²) in [5.41, 5.74) is 8.17. The molecule has 0 fully saturated rings. The van der Waals surface area contributed by atoms with Gasteiger partial charge in [0, 0.05) is 11.6 Å². The molecule has 140 valence electrons. The SMILES string of the molecule is CCCCOc1cc(-c2ccc(OC)cc2)c(OCCCC)cc1N=[NH2+]. The van der Waals surface area contributed by atoms with Gasteiger partial charge in [-0.05, 0) is 41.7 Å². The van der Waals surface area contributed by atoms with E-state index in [0.29, 0.717) is 24.7 Å². The van der Waals surface area contributed by atoms with E-state index in [9.17, 15) is 0 Å². The Hall–Kier alpha value is -2.56. The number of hydrogen-bond acceptors (Lipinski definition) is 4. The van der Waals surface area contributed by atoms with Crippen molar-refractivity contribution >= 4 is 5.69 Å². The maximum absolute atomic E-state index is 6.01. The first-order valence-corrected chi connectivity index (χ1v) is 9.22. The highest BCUT2D eigenvalue weighted by molar-refractivity contribution is 5.76. The zero-order chi connectivity index (χ0) is 18.8. The lowest BCUT2D eigenvalue weighted by molar-refractivity contribution is -0.210. The minimum atomic E-state index is 0.602. The molecule has 0 bridgehead atoms. The molecule has 2 aromatic carbocycles. The fourth-order valence-electron chi connectivity index (χ4n) is 2.53. The normalized spacial score (nSPS) is 10.4. The molecule has 0 saturated carbocycles. The smallest absolute Gasteiger partial charge is 0.175 e. The van der Waals surface area contributed by atoms with Gasteiger partial charge in [0.1, 0.15) is 11.5 Å². The number of methoxy groups -OCH3 is 1. The lowest BCUT2D eigenvalue weighted by Crippen LogP contribution is -2.22. The molecule has 0 saturated heterocycles. The first-order valence-electron chi connectivity index (χ1n) is 9.22. The van der Waals surface area contributed by atoms with Crippen molar-refractivity contribution in [3.8, 4) is 28.4 Å². The highest BCUT2D eigenvalue weighted by atomic mass is 16.5. The van der Waals surface area contributed by atoms with Crippen LogP contribution in [0.2, 0.25) is 0 Å². The molecule has 26 heavy (non-hydrogen) atoms. The summed E-state index contributed by atoms with van der Waals surface area (Å²) in [7, 11) is 1.66. The van der Waals surface area contributed by atoms with Gasteiger partial charge in [-0.3, -0.25) is 0 Å². The van der Waals surface area contributed by atoms with Crippen molar-refractivity contribution < 1.29 is 19.7 Å². The second-order valence-electron chi connectivity index (χ2n) is 6.08. The van der Waals surface area contributed by atoms with Gasteiger partial charge in [0.25, 0.3) is 0 Å². The van der Waals surface area contributed by atoms with Gasteiger partial charge in [0.2, 0.25) is 0 Å². The minimum Gasteiger partial charge on any atom is -0.497 e. The second kappa shape index (κ2) is 10.4. The summed E-state index contributed by atoms with van der Waals surface area (Å²) < 4.78 is 17.2. The van der Waals surface area contributed by atoms with Gasteiger partial charge in [0.05, 0.1) is 20.3 Å². The molecule has 0 atom stereocenters. The van der Waals surface area contributed by atoms with Crippen LogP contribution >= 0.6 is 0 Å². The Morgan fingerprint density at radius 2 is 1.50 bits per heavy atom. The topological polar surface area (TPSA) is 65.6 Å². The highest BCUT2D eigenvalue weighted by Crippen LogP contribution is 2.40. The molecule has 0 amide bonds. The highest BCUT2D eigenvalue weighted by Gasteiger charge is 2.15. The Bertz CT molecular complexity index is 699. The zero-order valence-corrected chi connectivity index (χ0v) is 16.0. The van der Waals surface area contributed by atoms with Gasteiger partial charge >= 0.3 is 0 Å². The number of ether oxygens (including phenoxy) is 3. The lowest BCUT2D eigenvalue weighted by Gasteiger charge is -2.15. The van der Waals surface area contributed by atoms with Gasteiger partial charge in [-0.15, -0.1) is 0 Å². The summed E-state index contributed by atoms with van der Waals surface area (Å²) >= 11 is 0. The standard InChI is InChI=1S/C21H28N2O3/c1-4-6-12-25-20-15-19(23-22)21(26-13-7-5-2)14-18(20)16-8-10-17(24-3)11-9-16/h8-11,14-15,22H,4-7,12-13H2,1-3H3/p+1. The number of rotatable bonds is 11. The number of unbranched alkanes of at least 4 members (excludes halogenated alkanes) is 2. The Kier molecular flexibility index (Phi) is 7.93. The summed E-state index contributed by atoms with van der Waals surface area (Å²) in [6, 6.07) is 11.7. The molecule has 2 aromatic rings. The van der Waals surface area contributed by atoms with Crippen molar-refractivity contribution in [2.75, 3.05) is 20.3 Å². The lowest BCUT2D eigenvalue weighted by atomic mass is 10.0. The Morgan fingerprint density at radius 3 is 2.04 bits per heavy atom. The monoisotopic (exact) mass is 357 g/mol. The maximum atomic E-state index is 6.01. The molecular weight excluding hydrogens is 328 g/mol. The Balaban J connectivity index is 2.41. The van der Waals surface area contributed by atoms with Gasteiger partial charge in [-0.25, -0.2) is 0 Å². The van der Waals surface area contributed by atoms with Crippen LogP contribution in [0.4, 0.5) is 5.69 Å². The summed E-state index contributed by atoms with van der Waals surface area (Å²) in [4.78, 5) is 0. The number of benzene rings is 2. The van der Waals surface area contributed by atoms with E-state index in [4.69, 9.17) is 19.7 Å². The van der Waals surface area contributed by atoms with E-state index < -0.39 is 0 Å². The van der Waals surface area contributed by atoms with Crippen LogP contribution in [0.25, 0.3) is 11.1 Å². The summed E-state index contributed by atoms with van der Waals surface area (Å²) in [6.45, 7) is 5.56. The van der Waals surface area contributed by atoms with E-state index in [2.05, 4.69) is 19.0 Å². The van der Waals surface area contributed by atoms with Crippen molar-refractivity contribution in [1.82, 2.24) is 0 Å². The van der Waals surface area contributed by atoms with Crippen LogP contribution in [0.3, 0.4) is 0 Å². The van der Waals surface area contributed by atoms with Crippen LogP contribution in [0.5, 0.6) is 17.2 Å². The average Bonchev–Trinajstić information content (AvgIpc) is 2.69. The van der Waals surface area contributed by atoms with Gasteiger partial charge in [-0.2, -0.15) is 5.53 Å². The van der Waals surface area contributed by atoms with E-state index in [1.807, 2.05) is 36.4 Å². The third-order valence-corrected chi connectivity index (χ3v) is 4.11. The molecular formula is C21H29N2O3+. The number of nitrogens with zero attached hydrogens (tertiary/aromatic N) is 1. The third kappa shape index (κ3) is 5.22.